The molecule has 0 radical (unpaired) electrons. The van der Waals surface area contributed by atoms with Crippen LogP contribution in [0.3, 0.4) is 0 Å². The Bertz CT molecular complexity index is 456. The van der Waals surface area contributed by atoms with Crippen LogP contribution in [0.5, 0.6) is 0 Å². The van der Waals surface area contributed by atoms with Crippen molar-refractivity contribution in [3.05, 3.63) is 30.1 Å². The van der Waals surface area contributed by atoms with Gasteiger partial charge in [0.05, 0.1) is 0 Å². The Kier molecular flexibility index (Phi) is 7.60. The Morgan fingerprint density at radius 3 is 2.81 bits per heavy atom. The highest BCUT2D eigenvalue weighted by Crippen LogP contribution is 2.02. The molecule has 0 aliphatic carbocycles. The molecule has 0 aliphatic rings. The zero-order chi connectivity index (χ0) is 15.7. The number of hydrogen-bond donors (Lipinski definition) is 2. The lowest BCUT2D eigenvalue weighted by molar-refractivity contribution is -0.139. The van der Waals surface area contributed by atoms with Gasteiger partial charge in [-0.05, 0) is 30.6 Å². The van der Waals surface area contributed by atoms with Crippen LogP contribution in [0.25, 0.3) is 0 Å². The van der Waals surface area contributed by atoms with Crippen molar-refractivity contribution in [2.45, 2.75) is 18.9 Å². The van der Waals surface area contributed by atoms with Crippen LogP contribution in [0.2, 0.25) is 0 Å². The van der Waals surface area contributed by atoms with E-state index in [0.717, 1.165) is 5.69 Å². The molecule has 0 bridgehead atoms. The number of aromatic nitrogens is 1. The van der Waals surface area contributed by atoms with Crippen molar-refractivity contribution in [1.29, 1.82) is 0 Å². The van der Waals surface area contributed by atoms with Gasteiger partial charge >= 0.3 is 12.0 Å². The molecular formula is C14H21N3O3S. The molecule has 0 fully saturated rings. The zero-order valence-corrected chi connectivity index (χ0v) is 13.1. The number of pyridine rings is 1. The number of urea groups is 1. The van der Waals surface area contributed by atoms with Gasteiger partial charge in [0.15, 0.2) is 0 Å². The molecule has 2 N–H and O–H groups in total. The van der Waals surface area contributed by atoms with E-state index >= 15 is 0 Å². The zero-order valence-electron chi connectivity index (χ0n) is 12.3. The van der Waals surface area contributed by atoms with Gasteiger partial charge in [-0.1, -0.05) is 6.07 Å². The highest BCUT2D eigenvalue weighted by atomic mass is 32.2. The number of carbonyl (C=O) groups is 2. The number of carboxylic acids is 1. The van der Waals surface area contributed by atoms with Crippen LogP contribution in [-0.2, 0) is 11.2 Å². The van der Waals surface area contributed by atoms with E-state index in [4.69, 9.17) is 5.11 Å². The number of amides is 2. The molecule has 7 heteroatoms. The molecule has 21 heavy (non-hydrogen) atoms. The minimum absolute atomic E-state index is 0.376. The third-order valence-corrected chi connectivity index (χ3v) is 3.63. The van der Waals surface area contributed by atoms with Crippen molar-refractivity contribution >= 4 is 23.8 Å². The average molecular weight is 311 g/mol. The van der Waals surface area contributed by atoms with E-state index in [-0.39, 0.29) is 6.03 Å². The summed E-state index contributed by atoms with van der Waals surface area (Å²) in [4.78, 5) is 28.7. The van der Waals surface area contributed by atoms with E-state index in [0.29, 0.717) is 25.1 Å². The number of aliphatic carboxylic acids is 1. The minimum Gasteiger partial charge on any atom is -0.480 e. The Morgan fingerprint density at radius 2 is 2.24 bits per heavy atom. The van der Waals surface area contributed by atoms with Crippen LogP contribution >= 0.6 is 11.8 Å². The first kappa shape index (κ1) is 17.3. The number of likely N-dealkylation sites (N-methyl/N-ethyl adjacent to an activating group) is 1. The monoisotopic (exact) mass is 311 g/mol. The van der Waals surface area contributed by atoms with Crippen molar-refractivity contribution in [3.63, 3.8) is 0 Å². The number of rotatable bonds is 8. The highest BCUT2D eigenvalue weighted by Gasteiger charge is 2.21. The lowest BCUT2D eigenvalue weighted by atomic mass is 10.2. The van der Waals surface area contributed by atoms with Gasteiger partial charge in [0.25, 0.3) is 0 Å². The van der Waals surface area contributed by atoms with Crippen LogP contribution in [0, 0.1) is 0 Å². The molecule has 0 saturated carbocycles. The summed E-state index contributed by atoms with van der Waals surface area (Å²) in [5.41, 5.74) is 0.898. The first-order valence-electron chi connectivity index (χ1n) is 6.68. The van der Waals surface area contributed by atoms with Crippen LogP contribution in [0.15, 0.2) is 24.4 Å². The van der Waals surface area contributed by atoms with E-state index in [9.17, 15) is 9.59 Å². The lowest BCUT2D eigenvalue weighted by Gasteiger charge is -2.21. The summed E-state index contributed by atoms with van der Waals surface area (Å²) in [5.74, 6) is -0.315. The van der Waals surface area contributed by atoms with E-state index in [1.165, 1.54) is 4.90 Å². The third-order valence-electron chi connectivity index (χ3n) is 2.98. The second-order valence-corrected chi connectivity index (χ2v) is 5.60. The Labute approximate surface area is 128 Å². The molecule has 0 aliphatic heterocycles. The van der Waals surface area contributed by atoms with Crippen molar-refractivity contribution < 1.29 is 14.7 Å². The molecule has 1 aromatic heterocycles. The molecule has 0 spiro atoms. The number of nitrogens with zero attached hydrogens (tertiary/aromatic N) is 2. The smallest absolute Gasteiger partial charge is 0.326 e. The van der Waals surface area contributed by atoms with Gasteiger partial charge in [0.1, 0.15) is 6.04 Å². The first-order valence-corrected chi connectivity index (χ1v) is 8.07. The van der Waals surface area contributed by atoms with Crippen LogP contribution in [0.4, 0.5) is 4.79 Å². The first-order chi connectivity index (χ1) is 10.0. The maximum atomic E-state index is 12.0. The summed E-state index contributed by atoms with van der Waals surface area (Å²) in [6.45, 7) is 0.484. The van der Waals surface area contributed by atoms with E-state index < -0.39 is 12.0 Å². The van der Waals surface area contributed by atoms with Crippen LogP contribution in [-0.4, -0.2) is 58.6 Å². The molecule has 0 aromatic carbocycles. The Balaban J connectivity index is 2.43. The summed E-state index contributed by atoms with van der Waals surface area (Å²) in [6, 6.07) is 4.40. The van der Waals surface area contributed by atoms with Crippen LogP contribution in [0.1, 0.15) is 12.1 Å². The standard InChI is InChI=1S/C14H21N3O3S/c1-17(9-6-11-5-3-4-8-15-11)14(20)16-12(13(18)19)7-10-21-2/h3-5,8,12H,6-7,9-10H2,1-2H3,(H,16,20)(H,18,19). The predicted molar refractivity (Wildman–Crippen MR) is 83.5 cm³/mol. The van der Waals surface area contributed by atoms with Gasteiger partial charge in [-0.2, -0.15) is 11.8 Å². The van der Waals surface area contributed by atoms with Crippen LogP contribution < -0.4 is 5.32 Å². The molecule has 1 atom stereocenters. The van der Waals surface area contributed by atoms with Crippen molar-refractivity contribution in [2.24, 2.45) is 0 Å². The normalized spacial score (nSPS) is 11.7. The van der Waals surface area contributed by atoms with Crippen molar-refractivity contribution in [3.8, 4) is 0 Å². The fourth-order valence-electron chi connectivity index (χ4n) is 1.68. The summed E-state index contributed by atoms with van der Waals surface area (Å²) in [5, 5.41) is 11.6. The fraction of sp³-hybridized carbons (Fsp3) is 0.500. The maximum Gasteiger partial charge on any atom is 0.326 e. The molecule has 0 saturated heterocycles. The number of carbonyl (C=O) groups excluding carboxylic acids is 1. The lowest BCUT2D eigenvalue weighted by Crippen LogP contribution is -2.47. The summed E-state index contributed by atoms with van der Waals surface area (Å²) < 4.78 is 0. The number of thioether (sulfide) groups is 1. The summed E-state index contributed by atoms with van der Waals surface area (Å²) in [7, 11) is 1.64. The maximum absolute atomic E-state index is 12.0. The number of nitrogens with one attached hydrogen (secondary N) is 1. The fourth-order valence-corrected chi connectivity index (χ4v) is 2.15. The largest absolute Gasteiger partial charge is 0.480 e. The molecule has 6 nitrogen and oxygen atoms in total. The molecule has 1 rings (SSSR count). The van der Waals surface area contributed by atoms with Gasteiger partial charge < -0.3 is 15.3 Å². The SMILES string of the molecule is CSCCC(NC(=O)N(C)CCc1ccccn1)C(=O)O. The molecule has 2 amide bonds. The molecule has 1 aromatic rings. The van der Waals surface area contributed by atoms with Gasteiger partial charge in [-0.25, -0.2) is 9.59 Å². The Hall–Kier alpha value is -1.76. The highest BCUT2D eigenvalue weighted by molar-refractivity contribution is 7.98. The topological polar surface area (TPSA) is 82.5 Å². The van der Waals surface area contributed by atoms with Crippen molar-refractivity contribution in [1.82, 2.24) is 15.2 Å². The second kappa shape index (κ2) is 9.23. The Morgan fingerprint density at radius 1 is 1.48 bits per heavy atom. The summed E-state index contributed by atoms with van der Waals surface area (Å²) >= 11 is 1.55. The second-order valence-electron chi connectivity index (χ2n) is 4.61. The molecular weight excluding hydrogens is 290 g/mol. The molecule has 116 valence electrons. The van der Waals surface area contributed by atoms with Gasteiger partial charge in [-0.15, -0.1) is 0 Å². The molecule has 1 heterocycles. The van der Waals surface area contributed by atoms with Gasteiger partial charge in [0, 0.05) is 31.9 Å². The number of carboxylic acid groups (broad SMARTS) is 1. The number of hydrogen-bond acceptors (Lipinski definition) is 4. The summed E-state index contributed by atoms with van der Waals surface area (Å²) in [6.07, 6.45) is 4.65. The van der Waals surface area contributed by atoms with Gasteiger partial charge in [-0.3, -0.25) is 4.98 Å². The third kappa shape index (κ3) is 6.48. The average Bonchev–Trinajstić information content (AvgIpc) is 2.49. The van der Waals surface area contributed by atoms with Crippen molar-refractivity contribution in [2.75, 3.05) is 25.6 Å². The van der Waals surface area contributed by atoms with E-state index in [2.05, 4.69) is 10.3 Å². The van der Waals surface area contributed by atoms with Gasteiger partial charge in [0.2, 0.25) is 0 Å². The van der Waals surface area contributed by atoms with E-state index in [1.807, 2.05) is 24.5 Å². The minimum atomic E-state index is -1.00. The molecule has 1 unspecified atom stereocenters. The predicted octanol–water partition coefficient (Wildman–Crippen LogP) is 1.47. The quantitative estimate of drug-likeness (QED) is 0.760. The van der Waals surface area contributed by atoms with E-state index in [1.54, 1.807) is 25.0 Å².